The lowest BCUT2D eigenvalue weighted by Gasteiger charge is -2.25. The predicted octanol–water partition coefficient (Wildman–Crippen LogP) is 3.10. The third kappa shape index (κ3) is 5.56. The van der Waals surface area contributed by atoms with Gasteiger partial charge in [0.1, 0.15) is 11.3 Å². The van der Waals surface area contributed by atoms with Crippen LogP contribution in [0.3, 0.4) is 0 Å². The van der Waals surface area contributed by atoms with Crippen LogP contribution in [0.4, 0.5) is 10.5 Å². The van der Waals surface area contributed by atoms with Crippen LogP contribution in [0.15, 0.2) is 42.9 Å². The van der Waals surface area contributed by atoms with Crippen LogP contribution >= 0.6 is 0 Å². The highest BCUT2D eigenvalue weighted by Crippen LogP contribution is 2.19. The number of hydrogen-bond acceptors (Lipinski definition) is 5. The summed E-state index contributed by atoms with van der Waals surface area (Å²) in [7, 11) is 1.65. The molecule has 0 aliphatic heterocycles. The smallest absolute Gasteiger partial charge is 0.410 e. The van der Waals surface area contributed by atoms with Crippen LogP contribution in [0.2, 0.25) is 0 Å². The van der Waals surface area contributed by atoms with Gasteiger partial charge in [0.2, 0.25) is 0 Å². The summed E-state index contributed by atoms with van der Waals surface area (Å²) in [4.78, 5) is 33.7. The van der Waals surface area contributed by atoms with Crippen molar-refractivity contribution in [2.24, 2.45) is 0 Å². The third-order valence-corrected chi connectivity index (χ3v) is 3.17. The SMILES string of the molecule is CN(Cc1ccccc1NC(=O)c1cnccn1)C(=O)OC(C)(C)C. The zero-order chi connectivity index (χ0) is 18.4. The maximum Gasteiger partial charge on any atom is 0.410 e. The molecule has 2 rings (SSSR count). The lowest BCUT2D eigenvalue weighted by Crippen LogP contribution is -2.34. The molecule has 0 spiro atoms. The van der Waals surface area contributed by atoms with Crippen molar-refractivity contribution in [3.05, 3.63) is 54.1 Å². The molecule has 0 aliphatic rings. The molecule has 7 nitrogen and oxygen atoms in total. The number of anilines is 1. The number of rotatable bonds is 4. The van der Waals surface area contributed by atoms with Crippen LogP contribution in [-0.2, 0) is 11.3 Å². The normalized spacial score (nSPS) is 10.9. The van der Waals surface area contributed by atoms with Crippen molar-refractivity contribution in [2.45, 2.75) is 32.9 Å². The number of hydrogen-bond donors (Lipinski definition) is 1. The zero-order valence-electron chi connectivity index (χ0n) is 14.8. The summed E-state index contributed by atoms with van der Waals surface area (Å²) in [6, 6.07) is 7.26. The van der Waals surface area contributed by atoms with E-state index < -0.39 is 11.7 Å². The van der Waals surface area contributed by atoms with Gasteiger partial charge < -0.3 is 15.0 Å². The molecule has 0 aliphatic carbocycles. The Morgan fingerprint density at radius 3 is 2.56 bits per heavy atom. The van der Waals surface area contributed by atoms with E-state index in [4.69, 9.17) is 4.74 Å². The molecule has 132 valence electrons. The number of nitrogens with one attached hydrogen (secondary N) is 1. The molecule has 1 aromatic heterocycles. The molecule has 0 bridgehead atoms. The van der Waals surface area contributed by atoms with Gasteiger partial charge in [0, 0.05) is 25.1 Å². The number of nitrogens with zero attached hydrogens (tertiary/aromatic N) is 3. The van der Waals surface area contributed by atoms with Crippen molar-refractivity contribution in [1.29, 1.82) is 0 Å². The second-order valence-corrected chi connectivity index (χ2v) is 6.54. The van der Waals surface area contributed by atoms with Gasteiger partial charge in [-0.2, -0.15) is 0 Å². The van der Waals surface area contributed by atoms with Crippen molar-refractivity contribution in [1.82, 2.24) is 14.9 Å². The molecular weight excluding hydrogens is 320 g/mol. The molecule has 25 heavy (non-hydrogen) atoms. The monoisotopic (exact) mass is 342 g/mol. The van der Waals surface area contributed by atoms with Crippen molar-refractivity contribution in [2.75, 3.05) is 12.4 Å². The van der Waals surface area contributed by atoms with Crippen LogP contribution in [0.1, 0.15) is 36.8 Å². The topological polar surface area (TPSA) is 84.4 Å². The molecule has 1 aromatic carbocycles. The number of amides is 2. The Bertz CT molecular complexity index is 741. The molecule has 2 aromatic rings. The number of carbonyl (C=O) groups is 2. The minimum atomic E-state index is -0.564. The maximum absolute atomic E-state index is 12.3. The average molecular weight is 342 g/mol. The summed E-state index contributed by atoms with van der Waals surface area (Å²) in [5, 5.41) is 2.80. The molecule has 1 heterocycles. The first-order valence-electron chi connectivity index (χ1n) is 7.85. The molecule has 1 N–H and O–H groups in total. The third-order valence-electron chi connectivity index (χ3n) is 3.17. The highest BCUT2D eigenvalue weighted by atomic mass is 16.6. The molecule has 0 saturated heterocycles. The summed E-state index contributed by atoms with van der Waals surface area (Å²) < 4.78 is 5.34. The predicted molar refractivity (Wildman–Crippen MR) is 94.1 cm³/mol. The van der Waals surface area contributed by atoms with Crippen LogP contribution < -0.4 is 5.32 Å². The van der Waals surface area contributed by atoms with E-state index in [1.165, 1.54) is 23.5 Å². The summed E-state index contributed by atoms with van der Waals surface area (Å²) in [6.07, 6.45) is 3.92. The Labute approximate surface area is 147 Å². The fourth-order valence-electron chi connectivity index (χ4n) is 2.04. The number of carbonyl (C=O) groups excluding carboxylic acids is 2. The summed E-state index contributed by atoms with van der Waals surface area (Å²) in [5.74, 6) is -0.361. The molecule has 0 radical (unpaired) electrons. The van der Waals surface area contributed by atoms with Gasteiger partial charge in [-0.1, -0.05) is 18.2 Å². The van der Waals surface area contributed by atoms with Crippen molar-refractivity contribution < 1.29 is 14.3 Å². The van der Waals surface area contributed by atoms with E-state index in [0.29, 0.717) is 12.2 Å². The van der Waals surface area contributed by atoms with Crippen LogP contribution in [0.25, 0.3) is 0 Å². The van der Waals surface area contributed by atoms with Gasteiger partial charge in [0.05, 0.1) is 12.7 Å². The number of para-hydroxylation sites is 1. The standard InChI is InChI=1S/C18H22N4O3/c1-18(2,3)25-17(24)22(4)12-13-7-5-6-8-14(13)21-16(23)15-11-19-9-10-20-15/h5-11H,12H2,1-4H3,(H,21,23). The Balaban J connectivity index is 2.10. The Morgan fingerprint density at radius 2 is 1.92 bits per heavy atom. The van der Waals surface area contributed by atoms with Gasteiger partial charge in [0.15, 0.2) is 0 Å². The van der Waals surface area contributed by atoms with Gasteiger partial charge in [-0.15, -0.1) is 0 Å². The Kier molecular flexibility index (Phi) is 5.69. The molecule has 0 fully saturated rings. The number of benzene rings is 1. The second kappa shape index (κ2) is 7.74. The quantitative estimate of drug-likeness (QED) is 0.923. The van der Waals surface area contributed by atoms with E-state index in [-0.39, 0.29) is 11.6 Å². The second-order valence-electron chi connectivity index (χ2n) is 6.54. The Hall–Kier alpha value is -2.96. The number of aromatic nitrogens is 2. The van der Waals surface area contributed by atoms with Crippen molar-refractivity contribution >= 4 is 17.7 Å². The molecule has 7 heteroatoms. The highest BCUT2D eigenvalue weighted by Gasteiger charge is 2.20. The lowest BCUT2D eigenvalue weighted by molar-refractivity contribution is 0.0285. The molecule has 2 amide bonds. The zero-order valence-corrected chi connectivity index (χ0v) is 14.8. The van der Waals surface area contributed by atoms with E-state index in [1.807, 2.05) is 39.0 Å². The lowest BCUT2D eigenvalue weighted by atomic mass is 10.1. The summed E-state index contributed by atoms with van der Waals surface area (Å²) in [5.41, 5.74) is 1.05. The van der Waals surface area contributed by atoms with Gasteiger partial charge in [-0.25, -0.2) is 9.78 Å². The highest BCUT2D eigenvalue weighted by molar-refractivity contribution is 6.03. The van der Waals surface area contributed by atoms with Crippen molar-refractivity contribution in [3.8, 4) is 0 Å². The van der Waals surface area contributed by atoms with Gasteiger partial charge >= 0.3 is 6.09 Å². The largest absolute Gasteiger partial charge is 0.444 e. The van der Waals surface area contributed by atoms with E-state index >= 15 is 0 Å². The van der Waals surface area contributed by atoms with E-state index in [1.54, 1.807) is 13.1 Å². The Morgan fingerprint density at radius 1 is 1.20 bits per heavy atom. The molecular formula is C18H22N4O3. The average Bonchev–Trinajstić information content (AvgIpc) is 2.55. The summed E-state index contributed by atoms with van der Waals surface area (Å²) in [6.45, 7) is 5.74. The van der Waals surface area contributed by atoms with Crippen LogP contribution in [0, 0.1) is 0 Å². The van der Waals surface area contributed by atoms with Gasteiger partial charge in [-0.3, -0.25) is 9.78 Å². The molecule has 0 unspecified atom stereocenters. The first kappa shape index (κ1) is 18.4. The maximum atomic E-state index is 12.3. The fourth-order valence-corrected chi connectivity index (χ4v) is 2.04. The van der Waals surface area contributed by atoms with Crippen molar-refractivity contribution in [3.63, 3.8) is 0 Å². The summed E-state index contributed by atoms with van der Waals surface area (Å²) >= 11 is 0. The van der Waals surface area contributed by atoms with Gasteiger partial charge in [0.25, 0.3) is 5.91 Å². The van der Waals surface area contributed by atoms with E-state index in [9.17, 15) is 9.59 Å². The first-order chi connectivity index (χ1) is 11.8. The van der Waals surface area contributed by atoms with Gasteiger partial charge in [-0.05, 0) is 32.4 Å². The minimum Gasteiger partial charge on any atom is -0.444 e. The van der Waals surface area contributed by atoms with Crippen LogP contribution in [-0.4, -0.2) is 39.5 Å². The first-order valence-corrected chi connectivity index (χ1v) is 7.85. The van der Waals surface area contributed by atoms with E-state index in [2.05, 4.69) is 15.3 Å². The van der Waals surface area contributed by atoms with E-state index in [0.717, 1.165) is 5.56 Å². The number of ether oxygens (including phenoxy) is 1. The minimum absolute atomic E-state index is 0.220. The molecule has 0 atom stereocenters. The van der Waals surface area contributed by atoms with Crippen LogP contribution in [0.5, 0.6) is 0 Å². The molecule has 0 saturated carbocycles. The fraction of sp³-hybridized carbons (Fsp3) is 0.333.